The fraction of sp³-hybridized carbons (Fsp3) is 0.333. The molecule has 1 saturated carbocycles. The van der Waals surface area contributed by atoms with Crippen molar-refractivity contribution in [2.45, 2.75) is 31.3 Å². The van der Waals surface area contributed by atoms with Crippen LogP contribution >= 0.6 is 15.9 Å². The number of aromatic nitrogens is 2. The average molecular weight is 349 g/mol. The van der Waals surface area contributed by atoms with Crippen LogP contribution in [-0.2, 0) is 0 Å². The molecule has 1 aliphatic carbocycles. The minimum Gasteiger partial charge on any atom is -0.398 e. The standard InChI is InChI=1S/C15H17BrN4O/c16-11-8-10(4-5-12(11)17)15(21)19-13-2-1-3-14(13)20-7-6-18-9-20/h4-9,13-14H,1-3,17H2,(H,19,21). The van der Waals surface area contributed by atoms with Crippen molar-refractivity contribution >= 4 is 27.5 Å². The van der Waals surface area contributed by atoms with Crippen LogP contribution in [0.15, 0.2) is 41.4 Å². The van der Waals surface area contributed by atoms with Gasteiger partial charge in [-0.15, -0.1) is 0 Å². The highest BCUT2D eigenvalue weighted by Crippen LogP contribution is 2.30. The Morgan fingerprint density at radius 3 is 3.00 bits per heavy atom. The van der Waals surface area contributed by atoms with Crippen molar-refractivity contribution in [2.75, 3.05) is 5.73 Å². The molecule has 0 radical (unpaired) electrons. The lowest BCUT2D eigenvalue weighted by atomic mass is 10.1. The first-order valence-electron chi connectivity index (χ1n) is 6.98. The number of carbonyl (C=O) groups excluding carboxylic acids is 1. The second-order valence-corrected chi connectivity index (χ2v) is 6.18. The van der Waals surface area contributed by atoms with Crippen LogP contribution in [-0.4, -0.2) is 21.5 Å². The van der Waals surface area contributed by atoms with Crippen LogP contribution in [0.1, 0.15) is 35.7 Å². The Kier molecular flexibility index (Phi) is 3.96. The molecule has 1 amide bonds. The number of benzene rings is 1. The number of carbonyl (C=O) groups is 1. The summed E-state index contributed by atoms with van der Waals surface area (Å²) in [6, 6.07) is 5.67. The molecule has 2 aromatic rings. The van der Waals surface area contributed by atoms with Gasteiger partial charge in [-0.1, -0.05) is 0 Å². The van der Waals surface area contributed by atoms with E-state index < -0.39 is 0 Å². The van der Waals surface area contributed by atoms with Gasteiger partial charge in [-0.2, -0.15) is 0 Å². The summed E-state index contributed by atoms with van der Waals surface area (Å²) < 4.78 is 2.82. The van der Waals surface area contributed by atoms with Crippen molar-refractivity contribution < 1.29 is 4.79 Å². The minimum atomic E-state index is -0.0623. The maximum absolute atomic E-state index is 12.4. The summed E-state index contributed by atoms with van der Waals surface area (Å²) in [5.41, 5.74) is 7.00. The summed E-state index contributed by atoms with van der Waals surface area (Å²) in [5.74, 6) is -0.0623. The van der Waals surface area contributed by atoms with Gasteiger partial charge in [-0.3, -0.25) is 4.79 Å². The molecule has 1 aliphatic rings. The molecule has 6 heteroatoms. The summed E-state index contributed by atoms with van der Waals surface area (Å²) >= 11 is 3.35. The topological polar surface area (TPSA) is 72.9 Å². The first-order chi connectivity index (χ1) is 10.1. The van der Waals surface area contributed by atoms with Crippen molar-refractivity contribution in [2.24, 2.45) is 0 Å². The van der Waals surface area contributed by atoms with Crippen molar-refractivity contribution in [3.63, 3.8) is 0 Å². The lowest BCUT2D eigenvalue weighted by Crippen LogP contribution is -2.38. The predicted molar refractivity (Wildman–Crippen MR) is 84.9 cm³/mol. The monoisotopic (exact) mass is 348 g/mol. The molecule has 3 N–H and O–H groups in total. The lowest BCUT2D eigenvalue weighted by Gasteiger charge is -2.22. The van der Waals surface area contributed by atoms with Gasteiger partial charge in [0.25, 0.3) is 5.91 Å². The van der Waals surface area contributed by atoms with E-state index in [1.807, 2.05) is 12.5 Å². The van der Waals surface area contributed by atoms with Gasteiger partial charge in [0.05, 0.1) is 12.4 Å². The smallest absolute Gasteiger partial charge is 0.251 e. The van der Waals surface area contributed by atoms with Crippen molar-refractivity contribution in [3.05, 3.63) is 47.0 Å². The maximum Gasteiger partial charge on any atom is 0.251 e. The van der Waals surface area contributed by atoms with Gasteiger partial charge in [-0.05, 0) is 53.4 Å². The summed E-state index contributed by atoms with van der Waals surface area (Å²) in [6.45, 7) is 0. The van der Waals surface area contributed by atoms with Crippen molar-refractivity contribution in [1.82, 2.24) is 14.9 Å². The molecule has 0 saturated heterocycles. The third kappa shape index (κ3) is 2.95. The van der Waals surface area contributed by atoms with E-state index in [0.29, 0.717) is 11.3 Å². The molecule has 0 bridgehead atoms. The molecule has 2 unspecified atom stereocenters. The first kappa shape index (κ1) is 14.1. The van der Waals surface area contributed by atoms with E-state index in [1.165, 1.54) is 0 Å². The summed E-state index contributed by atoms with van der Waals surface area (Å²) in [7, 11) is 0. The van der Waals surface area contributed by atoms with Gasteiger partial charge < -0.3 is 15.6 Å². The highest BCUT2D eigenvalue weighted by Gasteiger charge is 2.29. The Morgan fingerprint density at radius 1 is 1.43 bits per heavy atom. The molecule has 1 aromatic carbocycles. The Balaban J connectivity index is 1.73. The van der Waals surface area contributed by atoms with Gasteiger partial charge in [0, 0.05) is 34.2 Å². The van der Waals surface area contributed by atoms with Gasteiger partial charge >= 0.3 is 0 Å². The Hall–Kier alpha value is -1.82. The zero-order valence-corrected chi connectivity index (χ0v) is 13.1. The molecular weight excluding hydrogens is 332 g/mol. The average Bonchev–Trinajstić information content (AvgIpc) is 3.12. The molecule has 5 nitrogen and oxygen atoms in total. The number of anilines is 1. The van der Waals surface area contributed by atoms with Gasteiger partial charge in [0.15, 0.2) is 0 Å². The highest BCUT2D eigenvalue weighted by atomic mass is 79.9. The number of imidazole rings is 1. The molecule has 1 fully saturated rings. The van der Waals surface area contributed by atoms with E-state index in [2.05, 4.69) is 30.8 Å². The van der Waals surface area contributed by atoms with E-state index in [9.17, 15) is 4.79 Å². The molecule has 0 aliphatic heterocycles. The largest absolute Gasteiger partial charge is 0.398 e. The number of hydrogen-bond acceptors (Lipinski definition) is 3. The minimum absolute atomic E-state index is 0.0623. The quantitative estimate of drug-likeness (QED) is 0.837. The molecule has 0 spiro atoms. The van der Waals surface area contributed by atoms with Crippen LogP contribution in [0.4, 0.5) is 5.69 Å². The van der Waals surface area contributed by atoms with E-state index in [0.717, 1.165) is 23.7 Å². The zero-order chi connectivity index (χ0) is 14.8. The van der Waals surface area contributed by atoms with Crippen LogP contribution in [0.25, 0.3) is 0 Å². The number of hydrogen-bond donors (Lipinski definition) is 2. The van der Waals surface area contributed by atoms with E-state index >= 15 is 0 Å². The second-order valence-electron chi connectivity index (χ2n) is 5.32. The molecule has 110 valence electrons. The number of nitrogen functional groups attached to an aromatic ring is 1. The van der Waals surface area contributed by atoms with Crippen LogP contribution in [0.5, 0.6) is 0 Å². The summed E-state index contributed by atoms with van der Waals surface area (Å²) in [4.78, 5) is 16.5. The fourth-order valence-electron chi connectivity index (χ4n) is 2.85. The van der Waals surface area contributed by atoms with Crippen LogP contribution in [0.2, 0.25) is 0 Å². The molecule has 21 heavy (non-hydrogen) atoms. The number of halogens is 1. The molecular formula is C15H17BrN4O. The molecule has 1 heterocycles. The number of rotatable bonds is 3. The zero-order valence-electron chi connectivity index (χ0n) is 11.5. The normalized spacial score (nSPS) is 21.4. The summed E-state index contributed by atoms with van der Waals surface area (Å²) in [6.07, 6.45) is 8.70. The van der Waals surface area contributed by atoms with Gasteiger partial charge in [0.1, 0.15) is 0 Å². The van der Waals surface area contributed by atoms with E-state index in [-0.39, 0.29) is 18.0 Å². The Labute approximate surface area is 131 Å². The van der Waals surface area contributed by atoms with Gasteiger partial charge in [-0.25, -0.2) is 4.98 Å². The van der Waals surface area contributed by atoms with Crippen molar-refractivity contribution in [1.29, 1.82) is 0 Å². The second kappa shape index (κ2) is 5.89. The van der Waals surface area contributed by atoms with Crippen molar-refractivity contribution in [3.8, 4) is 0 Å². The van der Waals surface area contributed by atoms with Crippen LogP contribution in [0.3, 0.4) is 0 Å². The van der Waals surface area contributed by atoms with Gasteiger partial charge in [0.2, 0.25) is 0 Å². The third-order valence-electron chi connectivity index (χ3n) is 3.97. The van der Waals surface area contributed by atoms with Crippen LogP contribution in [0, 0.1) is 0 Å². The number of nitrogens with zero attached hydrogens (tertiary/aromatic N) is 2. The Morgan fingerprint density at radius 2 is 2.29 bits per heavy atom. The number of amides is 1. The molecule has 2 atom stereocenters. The number of nitrogens with one attached hydrogen (secondary N) is 1. The SMILES string of the molecule is Nc1ccc(C(=O)NC2CCCC2n2ccnc2)cc1Br. The number of nitrogens with two attached hydrogens (primary N) is 1. The molecule has 1 aromatic heterocycles. The molecule has 3 rings (SSSR count). The lowest BCUT2D eigenvalue weighted by molar-refractivity contribution is 0.0929. The predicted octanol–water partition coefficient (Wildman–Crippen LogP) is 2.75. The Bertz CT molecular complexity index is 641. The van der Waals surface area contributed by atoms with E-state index in [1.54, 1.807) is 24.4 Å². The summed E-state index contributed by atoms with van der Waals surface area (Å²) in [5, 5.41) is 3.13. The fourth-order valence-corrected chi connectivity index (χ4v) is 3.23. The first-order valence-corrected chi connectivity index (χ1v) is 7.78. The van der Waals surface area contributed by atoms with E-state index in [4.69, 9.17) is 5.73 Å². The maximum atomic E-state index is 12.4. The van der Waals surface area contributed by atoms with Crippen LogP contribution < -0.4 is 11.1 Å². The highest BCUT2D eigenvalue weighted by molar-refractivity contribution is 9.10. The third-order valence-corrected chi connectivity index (χ3v) is 4.65.